The molecule has 0 saturated heterocycles. The van der Waals surface area contributed by atoms with Gasteiger partial charge in [-0.05, 0) is 117 Å². The van der Waals surface area contributed by atoms with Gasteiger partial charge >= 0.3 is 18.1 Å². The highest BCUT2D eigenvalue weighted by atomic mass is 16.7. The molecule has 1 atom stereocenters. The van der Waals surface area contributed by atoms with Crippen LogP contribution >= 0.6 is 0 Å². The summed E-state index contributed by atoms with van der Waals surface area (Å²) in [7, 11) is 4.00. The van der Waals surface area contributed by atoms with E-state index in [1.807, 2.05) is 14.1 Å². The van der Waals surface area contributed by atoms with Crippen molar-refractivity contribution in [2.45, 2.75) is 238 Å². The van der Waals surface area contributed by atoms with E-state index in [1.165, 1.54) is 103 Å². The number of carbonyl (C=O) groups excluding carboxylic acids is 3. The molecule has 1 unspecified atom stereocenters. The molecule has 0 rings (SSSR count). The molecular formula is C49H91NO7. The number of ether oxygens (including phenoxy) is 4. The summed E-state index contributed by atoms with van der Waals surface area (Å²) in [5.41, 5.74) is 0. The minimum absolute atomic E-state index is 0.0477. The van der Waals surface area contributed by atoms with Gasteiger partial charge in [0.1, 0.15) is 12.2 Å². The summed E-state index contributed by atoms with van der Waals surface area (Å²) in [6.45, 7) is 8.24. The minimum atomic E-state index is -0.577. The molecule has 0 aromatic carbocycles. The third-order valence-electron chi connectivity index (χ3n) is 10.5. The SMILES string of the molecule is CCCCC/C=C\C/C=C\CCCCCCC(CCCCCOC(=O)CCC(=O)OC(CCCCCCCC)CCCCCCCC)OC(=O)OCCCN(C)C. The second-order valence-electron chi connectivity index (χ2n) is 16.5. The molecule has 0 aromatic rings. The van der Waals surface area contributed by atoms with Crippen molar-refractivity contribution in [1.29, 1.82) is 0 Å². The van der Waals surface area contributed by atoms with Gasteiger partial charge in [0.25, 0.3) is 0 Å². The van der Waals surface area contributed by atoms with Crippen molar-refractivity contribution in [3.63, 3.8) is 0 Å². The van der Waals surface area contributed by atoms with Crippen LogP contribution in [0.3, 0.4) is 0 Å². The zero-order valence-electron chi connectivity index (χ0n) is 38.0. The smallest absolute Gasteiger partial charge is 0.466 e. The van der Waals surface area contributed by atoms with Gasteiger partial charge in [0, 0.05) is 6.54 Å². The number of allylic oxidation sites excluding steroid dienone is 4. The van der Waals surface area contributed by atoms with Crippen molar-refractivity contribution in [3.8, 4) is 0 Å². The Labute approximate surface area is 352 Å². The van der Waals surface area contributed by atoms with Gasteiger partial charge in [-0.25, -0.2) is 4.79 Å². The summed E-state index contributed by atoms with van der Waals surface area (Å²) < 4.78 is 22.5. The molecule has 0 aromatic heterocycles. The number of hydrogen-bond acceptors (Lipinski definition) is 8. The maximum absolute atomic E-state index is 12.7. The summed E-state index contributed by atoms with van der Waals surface area (Å²) in [6, 6.07) is 0. The zero-order chi connectivity index (χ0) is 41.9. The quantitative estimate of drug-likeness (QED) is 0.0261. The Bertz CT molecular complexity index is 949. The van der Waals surface area contributed by atoms with Gasteiger partial charge in [0.2, 0.25) is 0 Å². The average molecular weight is 806 g/mol. The summed E-state index contributed by atoms with van der Waals surface area (Å²) in [6.07, 6.45) is 41.5. The van der Waals surface area contributed by atoms with Gasteiger partial charge in [0.15, 0.2) is 0 Å². The lowest BCUT2D eigenvalue weighted by atomic mass is 10.0. The van der Waals surface area contributed by atoms with Crippen molar-refractivity contribution in [1.82, 2.24) is 4.90 Å². The van der Waals surface area contributed by atoms with Crippen LogP contribution in [0.4, 0.5) is 4.79 Å². The fraction of sp³-hybridized carbons (Fsp3) is 0.857. The fourth-order valence-electron chi connectivity index (χ4n) is 6.90. The van der Waals surface area contributed by atoms with E-state index in [-0.39, 0.29) is 37.0 Å². The summed E-state index contributed by atoms with van der Waals surface area (Å²) in [4.78, 5) is 39.6. The molecule has 0 aliphatic heterocycles. The second-order valence-corrected chi connectivity index (χ2v) is 16.5. The highest BCUT2D eigenvalue weighted by molar-refractivity contribution is 5.77. The molecule has 0 aliphatic rings. The second kappa shape index (κ2) is 43.2. The van der Waals surface area contributed by atoms with Crippen molar-refractivity contribution in [2.24, 2.45) is 0 Å². The Balaban J connectivity index is 4.48. The lowest BCUT2D eigenvalue weighted by molar-refractivity contribution is -0.154. The van der Waals surface area contributed by atoms with Crippen molar-refractivity contribution < 1.29 is 33.3 Å². The highest BCUT2D eigenvalue weighted by Gasteiger charge is 2.17. The van der Waals surface area contributed by atoms with E-state index in [1.54, 1.807) is 0 Å². The predicted octanol–water partition coefficient (Wildman–Crippen LogP) is 14.2. The predicted molar refractivity (Wildman–Crippen MR) is 239 cm³/mol. The molecular weight excluding hydrogens is 715 g/mol. The number of esters is 2. The van der Waals surface area contributed by atoms with Crippen LogP contribution in [-0.2, 0) is 28.5 Å². The third kappa shape index (κ3) is 41.6. The van der Waals surface area contributed by atoms with Crippen LogP contribution in [0.1, 0.15) is 226 Å². The van der Waals surface area contributed by atoms with E-state index < -0.39 is 6.16 Å². The molecule has 0 fully saturated rings. The monoisotopic (exact) mass is 806 g/mol. The molecule has 0 bridgehead atoms. The van der Waals surface area contributed by atoms with E-state index >= 15 is 0 Å². The van der Waals surface area contributed by atoms with E-state index in [0.717, 1.165) is 96.4 Å². The molecule has 8 nitrogen and oxygen atoms in total. The van der Waals surface area contributed by atoms with Crippen LogP contribution in [0.15, 0.2) is 24.3 Å². The first kappa shape index (κ1) is 54.6. The van der Waals surface area contributed by atoms with Crippen LogP contribution in [0, 0.1) is 0 Å². The van der Waals surface area contributed by atoms with Crippen molar-refractivity contribution in [3.05, 3.63) is 24.3 Å². The van der Waals surface area contributed by atoms with Crippen LogP contribution in [0.25, 0.3) is 0 Å². The lowest BCUT2D eigenvalue weighted by Crippen LogP contribution is -2.21. The average Bonchev–Trinajstić information content (AvgIpc) is 3.19. The molecule has 0 saturated carbocycles. The Morgan fingerprint density at radius 3 is 1.42 bits per heavy atom. The Morgan fingerprint density at radius 2 is 0.877 bits per heavy atom. The molecule has 0 N–H and O–H groups in total. The van der Waals surface area contributed by atoms with E-state index in [2.05, 4.69) is 50.0 Å². The summed E-state index contributed by atoms with van der Waals surface area (Å²) in [5, 5.41) is 0. The normalized spacial score (nSPS) is 12.3. The topological polar surface area (TPSA) is 91.4 Å². The number of rotatable bonds is 42. The molecule has 0 aliphatic carbocycles. The molecule has 0 spiro atoms. The largest absolute Gasteiger partial charge is 0.508 e. The molecule has 8 heteroatoms. The molecule has 0 amide bonds. The van der Waals surface area contributed by atoms with Gasteiger partial charge < -0.3 is 23.8 Å². The Morgan fingerprint density at radius 1 is 0.456 bits per heavy atom. The molecule has 0 heterocycles. The molecule has 334 valence electrons. The van der Waals surface area contributed by atoms with Crippen LogP contribution < -0.4 is 0 Å². The maximum atomic E-state index is 12.7. The maximum Gasteiger partial charge on any atom is 0.508 e. The van der Waals surface area contributed by atoms with Gasteiger partial charge in [-0.1, -0.05) is 135 Å². The van der Waals surface area contributed by atoms with Gasteiger partial charge in [-0.15, -0.1) is 0 Å². The zero-order valence-corrected chi connectivity index (χ0v) is 38.0. The standard InChI is InChI=1S/C49H91NO7/c1-6-9-12-15-18-19-20-21-22-23-24-25-28-32-38-46(57-49(53)55-44-35-42-50(4)5)39-33-29-34-43-54-47(51)40-41-48(52)56-45(36-30-26-16-13-10-7-2)37-31-27-17-14-11-8-3/h18-19,21-22,45-46H,6-17,20,23-44H2,1-5H3/b19-18-,22-21-. The first-order valence-corrected chi connectivity index (χ1v) is 23.9. The number of nitrogens with zero attached hydrogens (tertiary/aromatic N) is 1. The van der Waals surface area contributed by atoms with Gasteiger partial charge in [-0.3, -0.25) is 9.59 Å². The third-order valence-corrected chi connectivity index (χ3v) is 10.5. The first-order valence-electron chi connectivity index (χ1n) is 23.9. The number of hydrogen-bond donors (Lipinski definition) is 0. The number of carbonyl (C=O) groups is 3. The van der Waals surface area contributed by atoms with E-state index in [9.17, 15) is 14.4 Å². The molecule has 57 heavy (non-hydrogen) atoms. The highest BCUT2D eigenvalue weighted by Crippen LogP contribution is 2.19. The lowest BCUT2D eigenvalue weighted by Gasteiger charge is -2.18. The summed E-state index contributed by atoms with van der Waals surface area (Å²) in [5.74, 6) is -0.636. The fourth-order valence-corrected chi connectivity index (χ4v) is 6.90. The Kier molecular flexibility index (Phi) is 41.5. The summed E-state index contributed by atoms with van der Waals surface area (Å²) >= 11 is 0. The van der Waals surface area contributed by atoms with Crippen LogP contribution in [-0.4, -0.2) is 69.1 Å². The van der Waals surface area contributed by atoms with E-state index in [0.29, 0.717) is 13.2 Å². The van der Waals surface area contributed by atoms with Crippen molar-refractivity contribution in [2.75, 3.05) is 33.9 Å². The van der Waals surface area contributed by atoms with Gasteiger partial charge in [-0.2, -0.15) is 0 Å². The van der Waals surface area contributed by atoms with Crippen LogP contribution in [0.2, 0.25) is 0 Å². The molecule has 0 radical (unpaired) electrons. The van der Waals surface area contributed by atoms with Crippen molar-refractivity contribution >= 4 is 18.1 Å². The first-order chi connectivity index (χ1) is 27.8. The van der Waals surface area contributed by atoms with Gasteiger partial charge in [0.05, 0.1) is 26.1 Å². The van der Waals surface area contributed by atoms with E-state index in [4.69, 9.17) is 18.9 Å². The Hall–Kier alpha value is -2.35. The number of unbranched alkanes of at least 4 members (excludes halogenated alkanes) is 19. The van der Waals surface area contributed by atoms with Crippen LogP contribution in [0.5, 0.6) is 0 Å². The minimum Gasteiger partial charge on any atom is -0.466 e.